The minimum absolute atomic E-state index is 0.198. The summed E-state index contributed by atoms with van der Waals surface area (Å²) in [5.41, 5.74) is -0.461. The van der Waals surface area contributed by atoms with Gasteiger partial charge in [-0.25, -0.2) is 0 Å². The predicted molar refractivity (Wildman–Crippen MR) is 93.4 cm³/mol. The van der Waals surface area contributed by atoms with Crippen LogP contribution in [0.3, 0.4) is 0 Å². The van der Waals surface area contributed by atoms with E-state index in [0.29, 0.717) is 24.0 Å². The number of alkyl halides is 3. The highest BCUT2D eigenvalue weighted by atomic mass is 32.1. The topological polar surface area (TPSA) is 37.6 Å². The summed E-state index contributed by atoms with van der Waals surface area (Å²) in [6, 6.07) is 8.30. The van der Waals surface area contributed by atoms with Crippen molar-refractivity contribution >= 4 is 23.0 Å². The SMILES string of the molecule is COCCN(C(=S)Nc1cccc(C(F)(F)F)c1)[C@H](C)c1ccco1. The number of thiocarbonyl (C=S) groups is 1. The van der Waals surface area contributed by atoms with E-state index >= 15 is 0 Å². The van der Waals surface area contributed by atoms with E-state index in [1.54, 1.807) is 24.3 Å². The van der Waals surface area contributed by atoms with Crippen molar-refractivity contribution in [3.8, 4) is 0 Å². The first-order chi connectivity index (χ1) is 11.8. The molecule has 136 valence electrons. The number of nitrogens with zero attached hydrogens (tertiary/aromatic N) is 1. The number of anilines is 1. The fraction of sp³-hybridized carbons (Fsp3) is 0.353. The average Bonchev–Trinajstić information content (AvgIpc) is 3.09. The second-order valence-electron chi connectivity index (χ2n) is 5.39. The number of rotatable bonds is 6. The van der Waals surface area contributed by atoms with E-state index in [1.807, 2.05) is 13.0 Å². The lowest BCUT2D eigenvalue weighted by atomic mass is 10.2. The molecule has 0 saturated heterocycles. The molecule has 0 unspecified atom stereocenters. The van der Waals surface area contributed by atoms with E-state index in [9.17, 15) is 13.2 Å². The Morgan fingerprint density at radius 2 is 2.08 bits per heavy atom. The molecule has 0 spiro atoms. The Bertz CT molecular complexity index is 689. The highest BCUT2D eigenvalue weighted by Crippen LogP contribution is 2.31. The summed E-state index contributed by atoms with van der Waals surface area (Å²) in [5, 5.41) is 3.16. The number of methoxy groups -OCH3 is 1. The Balaban J connectivity index is 2.16. The first kappa shape index (κ1) is 19.3. The number of nitrogens with one attached hydrogen (secondary N) is 1. The predicted octanol–water partition coefficient (Wildman–Crippen LogP) is 4.70. The van der Waals surface area contributed by atoms with E-state index in [2.05, 4.69) is 5.32 Å². The fourth-order valence-corrected chi connectivity index (χ4v) is 2.68. The largest absolute Gasteiger partial charge is 0.467 e. The minimum Gasteiger partial charge on any atom is -0.467 e. The second kappa shape index (κ2) is 8.35. The van der Waals surface area contributed by atoms with Crippen LogP contribution in [0.1, 0.15) is 24.3 Å². The van der Waals surface area contributed by atoms with E-state index in [4.69, 9.17) is 21.4 Å². The highest BCUT2D eigenvalue weighted by Gasteiger charge is 2.30. The first-order valence-electron chi connectivity index (χ1n) is 7.60. The van der Waals surface area contributed by atoms with Crippen molar-refractivity contribution in [3.63, 3.8) is 0 Å². The zero-order valence-corrected chi connectivity index (χ0v) is 14.7. The number of hydrogen-bond donors (Lipinski definition) is 1. The molecule has 8 heteroatoms. The molecule has 0 aliphatic rings. The molecule has 1 aromatic carbocycles. The summed E-state index contributed by atoms with van der Waals surface area (Å²) in [4.78, 5) is 1.80. The highest BCUT2D eigenvalue weighted by molar-refractivity contribution is 7.80. The molecule has 1 heterocycles. The van der Waals surface area contributed by atoms with Crippen molar-refractivity contribution in [2.45, 2.75) is 19.1 Å². The van der Waals surface area contributed by atoms with Gasteiger partial charge in [0, 0.05) is 19.3 Å². The molecule has 0 bridgehead atoms. The van der Waals surface area contributed by atoms with Crippen LogP contribution >= 0.6 is 12.2 Å². The van der Waals surface area contributed by atoms with Crippen LogP contribution in [0.15, 0.2) is 47.1 Å². The van der Waals surface area contributed by atoms with Crippen molar-refractivity contribution in [1.29, 1.82) is 0 Å². The maximum absolute atomic E-state index is 12.8. The van der Waals surface area contributed by atoms with Gasteiger partial charge in [-0.1, -0.05) is 6.07 Å². The monoisotopic (exact) mass is 372 g/mol. The molecule has 1 aromatic heterocycles. The molecule has 1 N–H and O–H groups in total. The van der Waals surface area contributed by atoms with E-state index in [0.717, 1.165) is 12.1 Å². The fourth-order valence-electron chi connectivity index (χ4n) is 2.31. The molecule has 0 radical (unpaired) electrons. The summed E-state index contributed by atoms with van der Waals surface area (Å²) in [6.45, 7) is 2.77. The molecule has 0 amide bonds. The molecule has 0 aliphatic heterocycles. The molecule has 0 saturated carbocycles. The summed E-state index contributed by atoms with van der Waals surface area (Å²) in [6.07, 6.45) is -2.85. The van der Waals surface area contributed by atoms with Gasteiger partial charge in [0.2, 0.25) is 0 Å². The lowest BCUT2D eigenvalue weighted by Gasteiger charge is -2.30. The lowest BCUT2D eigenvalue weighted by Crippen LogP contribution is -2.39. The van der Waals surface area contributed by atoms with E-state index in [1.165, 1.54) is 12.1 Å². The first-order valence-corrected chi connectivity index (χ1v) is 8.01. The summed E-state index contributed by atoms with van der Waals surface area (Å²) < 4.78 is 49.0. The number of halogens is 3. The number of furan rings is 1. The summed E-state index contributed by atoms with van der Waals surface area (Å²) in [5.74, 6) is 0.698. The standard InChI is InChI=1S/C17H19F3N2O2S/c1-12(15-7-4-9-24-15)22(8-10-23-2)16(25)21-14-6-3-5-13(11-14)17(18,19)20/h3-7,9,11-12H,8,10H2,1-2H3,(H,21,25)/t12-/m1/s1. The Hall–Kier alpha value is -2.06. The minimum atomic E-state index is -4.41. The van der Waals surface area contributed by atoms with Crippen LogP contribution in [-0.4, -0.2) is 30.3 Å². The third kappa shape index (κ3) is 5.20. The molecule has 0 aliphatic carbocycles. The quantitative estimate of drug-likeness (QED) is 0.744. The maximum Gasteiger partial charge on any atom is 0.416 e. The van der Waals surface area contributed by atoms with Crippen LogP contribution < -0.4 is 5.32 Å². The van der Waals surface area contributed by atoms with Gasteiger partial charge in [0.15, 0.2) is 5.11 Å². The van der Waals surface area contributed by atoms with Gasteiger partial charge >= 0.3 is 6.18 Å². The van der Waals surface area contributed by atoms with E-state index in [-0.39, 0.29) is 11.7 Å². The smallest absolute Gasteiger partial charge is 0.416 e. The van der Waals surface area contributed by atoms with Gasteiger partial charge in [-0.2, -0.15) is 13.2 Å². The third-order valence-corrected chi connectivity index (χ3v) is 4.00. The Morgan fingerprint density at radius 3 is 2.68 bits per heavy atom. The van der Waals surface area contributed by atoms with Crippen LogP contribution in [0, 0.1) is 0 Å². The van der Waals surface area contributed by atoms with Gasteiger partial charge in [0.1, 0.15) is 5.76 Å². The van der Waals surface area contributed by atoms with Crippen molar-refractivity contribution < 1.29 is 22.3 Å². The molecule has 2 rings (SSSR count). The molecular weight excluding hydrogens is 353 g/mol. The van der Waals surface area contributed by atoms with Crippen molar-refractivity contribution in [2.75, 3.05) is 25.6 Å². The lowest BCUT2D eigenvalue weighted by molar-refractivity contribution is -0.137. The Labute approximate surface area is 149 Å². The molecular formula is C17H19F3N2O2S. The van der Waals surface area contributed by atoms with Crippen LogP contribution in [0.4, 0.5) is 18.9 Å². The zero-order chi connectivity index (χ0) is 18.4. The summed E-state index contributed by atoms with van der Waals surface area (Å²) in [7, 11) is 1.57. The van der Waals surface area contributed by atoms with Crippen molar-refractivity contribution in [2.24, 2.45) is 0 Å². The molecule has 1 atom stereocenters. The average molecular weight is 372 g/mol. The summed E-state index contributed by atoms with van der Waals surface area (Å²) >= 11 is 5.39. The van der Waals surface area contributed by atoms with Crippen LogP contribution in [0.25, 0.3) is 0 Å². The van der Waals surface area contributed by atoms with Gasteiger partial charge < -0.3 is 19.4 Å². The molecule has 4 nitrogen and oxygen atoms in total. The number of hydrogen-bond acceptors (Lipinski definition) is 3. The van der Waals surface area contributed by atoms with Gasteiger partial charge in [-0.3, -0.25) is 0 Å². The Kier molecular flexibility index (Phi) is 6.44. The third-order valence-electron chi connectivity index (χ3n) is 3.66. The Morgan fingerprint density at radius 1 is 1.32 bits per heavy atom. The van der Waals surface area contributed by atoms with Crippen molar-refractivity contribution in [1.82, 2.24) is 4.90 Å². The van der Waals surface area contributed by atoms with Crippen molar-refractivity contribution in [3.05, 3.63) is 54.0 Å². The number of benzene rings is 1. The normalized spacial score (nSPS) is 12.7. The van der Waals surface area contributed by atoms with Gasteiger partial charge in [0.05, 0.1) is 24.5 Å². The van der Waals surface area contributed by atoms with E-state index < -0.39 is 11.7 Å². The second-order valence-corrected chi connectivity index (χ2v) is 5.77. The number of ether oxygens (including phenoxy) is 1. The van der Waals surface area contributed by atoms with Crippen LogP contribution in [-0.2, 0) is 10.9 Å². The van der Waals surface area contributed by atoms with Crippen LogP contribution in [0.2, 0.25) is 0 Å². The van der Waals surface area contributed by atoms with Gasteiger partial charge in [-0.05, 0) is 49.5 Å². The van der Waals surface area contributed by atoms with Gasteiger partial charge in [0.25, 0.3) is 0 Å². The molecule has 25 heavy (non-hydrogen) atoms. The molecule has 0 fully saturated rings. The molecule has 2 aromatic rings. The maximum atomic E-state index is 12.8. The zero-order valence-electron chi connectivity index (χ0n) is 13.8. The van der Waals surface area contributed by atoms with Crippen LogP contribution in [0.5, 0.6) is 0 Å². The van der Waals surface area contributed by atoms with Gasteiger partial charge in [-0.15, -0.1) is 0 Å².